The molecule has 0 unspecified atom stereocenters. The summed E-state index contributed by atoms with van der Waals surface area (Å²) in [7, 11) is 0. The predicted octanol–water partition coefficient (Wildman–Crippen LogP) is 7.55. The fourth-order valence-corrected chi connectivity index (χ4v) is 8.28. The van der Waals surface area contributed by atoms with Gasteiger partial charge in [-0.15, -0.1) is 0 Å². The molecule has 0 aliphatic carbocycles. The van der Waals surface area contributed by atoms with Gasteiger partial charge in [0.2, 0.25) is 0 Å². The zero-order valence-corrected chi connectivity index (χ0v) is 22.1. The van der Waals surface area contributed by atoms with Gasteiger partial charge in [-0.25, -0.2) is 0 Å². The van der Waals surface area contributed by atoms with Gasteiger partial charge in [-0.2, -0.15) is 0 Å². The second-order valence-electron chi connectivity index (χ2n) is 11.0. The molecule has 0 radical (unpaired) electrons. The molecular formula is C29H30N2Te. The monoisotopic (exact) mass is 536 g/mol. The van der Waals surface area contributed by atoms with E-state index >= 15 is 0 Å². The van der Waals surface area contributed by atoms with Crippen molar-refractivity contribution in [2.75, 3.05) is 0 Å². The molecule has 3 heteroatoms. The Kier molecular flexibility index (Phi) is 5.19. The van der Waals surface area contributed by atoms with Gasteiger partial charge in [0.05, 0.1) is 0 Å². The van der Waals surface area contributed by atoms with Gasteiger partial charge >= 0.3 is 201 Å². The van der Waals surface area contributed by atoms with Crippen LogP contribution in [0.2, 0.25) is 0 Å². The summed E-state index contributed by atoms with van der Waals surface area (Å²) in [6.07, 6.45) is 2.86. The van der Waals surface area contributed by atoms with Crippen LogP contribution in [0.15, 0.2) is 60.9 Å². The van der Waals surface area contributed by atoms with E-state index in [1.807, 2.05) is 0 Å². The number of rotatable bonds is 2. The third kappa shape index (κ3) is 3.87. The molecule has 0 amide bonds. The molecule has 5 rings (SSSR count). The summed E-state index contributed by atoms with van der Waals surface area (Å²) in [5.74, 6) is 0. The maximum absolute atomic E-state index is 4.86. The Morgan fingerprint density at radius 3 is 2.28 bits per heavy atom. The van der Waals surface area contributed by atoms with Crippen LogP contribution >= 0.6 is 0 Å². The van der Waals surface area contributed by atoms with Crippen LogP contribution in [-0.2, 0) is 11.8 Å². The zero-order chi connectivity index (χ0) is 22.7. The zero-order valence-electron chi connectivity index (χ0n) is 19.8. The van der Waals surface area contributed by atoms with Crippen LogP contribution in [0.4, 0.5) is 0 Å². The van der Waals surface area contributed by atoms with Crippen LogP contribution in [0, 0.1) is 5.41 Å². The summed E-state index contributed by atoms with van der Waals surface area (Å²) in [6, 6.07) is 20.2. The molecule has 0 aliphatic heterocycles. The normalized spacial score (nSPS) is 12.8. The van der Waals surface area contributed by atoms with E-state index in [1.165, 1.54) is 36.3 Å². The summed E-state index contributed by atoms with van der Waals surface area (Å²) < 4.78 is 2.95. The molecule has 162 valence electrons. The molecule has 0 saturated carbocycles. The molecule has 0 bridgehead atoms. The number of benzene rings is 3. The second-order valence-corrected chi connectivity index (χ2v) is 13.9. The molecular weight excluding hydrogens is 504 g/mol. The van der Waals surface area contributed by atoms with E-state index in [1.54, 1.807) is 9.73 Å². The van der Waals surface area contributed by atoms with Crippen molar-refractivity contribution in [3.8, 4) is 11.3 Å². The number of hydrogen-bond donors (Lipinski definition) is 0. The molecule has 2 nitrogen and oxygen atoms in total. The minimum absolute atomic E-state index is 0.0609. The quantitative estimate of drug-likeness (QED) is 0.219. The fourth-order valence-electron chi connectivity index (χ4n) is 4.64. The summed E-state index contributed by atoms with van der Waals surface area (Å²) >= 11 is -0.554. The first-order valence-corrected chi connectivity index (χ1v) is 13.6. The van der Waals surface area contributed by atoms with Crippen molar-refractivity contribution in [2.45, 2.75) is 53.4 Å². The third-order valence-electron chi connectivity index (χ3n) is 6.02. The van der Waals surface area contributed by atoms with Crippen LogP contribution in [0.25, 0.3) is 39.7 Å². The van der Waals surface area contributed by atoms with Crippen molar-refractivity contribution in [1.82, 2.24) is 9.97 Å². The molecule has 0 N–H and O–H groups in total. The molecule has 0 spiro atoms. The molecule has 0 fully saturated rings. The van der Waals surface area contributed by atoms with Crippen molar-refractivity contribution in [2.24, 2.45) is 5.41 Å². The average Bonchev–Trinajstić information content (AvgIpc) is 3.11. The van der Waals surface area contributed by atoms with Gasteiger partial charge in [0, 0.05) is 0 Å². The summed E-state index contributed by atoms with van der Waals surface area (Å²) in [6.45, 7) is 13.9. The van der Waals surface area contributed by atoms with E-state index < -0.39 is 20.4 Å². The first-order chi connectivity index (χ1) is 15.1. The van der Waals surface area contributed by atoms with Crippen LogP contribution in [0.5, 0.6) is 0 Å². The Morgan fingerprint density at radius 1 is 0.781 bits per heavy atom. The van der Waals surface area contributed by atoms with Crippen LogP contribution in [0.3, 0.4) is 0 Å². The van der Waals surface area contributed by atoms with Crippen molar-refractivity contribution >= 4 is 48.9 Å². The van der Waals surface area contributed by atoms with E-state index in [0.29, 0.717) is 0 Å². The molecule has 2 aromatic heterocycles. The van der Waals surface area contributed by atoms with E-state index in [-0.39, 0.29) is 10.8 Å². The molecule has 0 aliphatic rings. The van der Waals surface area contributed by atoms with Gasteiger partial charge in [-0.1, -0.05) is 0 Å². The van der Waals surface area contributed by atoms with Gasteiger partial charge in [-0.3, -0.25) is 0 Å². The van der Waals surface area contributed by atoms with Crippen molar-refractivity contribution in [1.29, 1.82) is 0 Å². The topological polar surface area (TPSA) is 25.8 Å². The third-order valence-corrected chi connectivity index (χ3v) is 9.67. The number of aromatic nitrogens is 2. The van der Waals surface area contributed by atoms with E-state index in [2.05, 4.69) is 96.1 Å². The predicted molar refractivity (Wildman–Crippen MR) is 139 cm³/mol. The van der Waals surface area contributed by atoms with Crippen LogP contribution < -0.4 is 0 Å². The molecule has 0 atom stereocenters. The van der Waals surface area contributed by atoms with Crippen LogP contribution in [-0.4, -0.2) is 30.4 Å². The Hall–Kier alpha value is -2.21. The fraction of sp³-hybridized carbons (Fsp3) is 0.310. The Balaban J connectivity index is 1.80. The number of nitrogens with zero attached hydrogens (tertiary/aromatic N) is 2. The van der Waals surface area contributed by atoms with E-state index in [9.17, 15) is 0 Å². The SMILES string of the molecule is CC(C)(C)Cc1cccc2c1[te]c1c(-c3cc(C(C)(C)C)c4ccccc4c3)ncnc12. The van der Waals surface area contributed by atoms with E-state index in [4.69, 9.17) is 9.97 Å². The molecule has 5 aromatic rings. The Morgan fingerprint density at radius 2 is 1.53 bits per heavy atom. The number of fused-ring (bicyclic) bond motifs is 4. The average molecular weight is 534 g/mol. The maximum atomic E-state index is 4.86. The summed E-state index contributed by atoms with van der Waals surface area (Å²) in [4.78, 5) is 9.64. The van der Waals surface area contributed by atoms with Gasteiger partial charge in [0.25, 0.3) is 0 Å². The Labute approximate surface area is 200 Å². The summed E-state index contributed by atoms with van der Waals surface area (Å²) in [5, 5.41) is 3.96. The first kappa shape index (κ1) is 21.6. The Bertz CT molecular complexity index is 1460. The minimum atomic E-state index is -0.554. The van der Waals surface area contributed by atoms with Gasteiger partial charge in [0.1, 0.15) is 0 Å². The first-order valence-electron chi connectivity index (χ1n) is 11.3. The van der Waals surface area contributed by atoms with Crippen LogP contribution in [0.1, 0.15) is 52.7 Å². The van der Waals surface area contributed by atoms with E-state index in [0.717, 1.165) is 17.6 Å². The summed E-state index contributed by atoms with van der Waals surface area (Å²) in [5.41, 5.74) is 6.72. The molecule has 0 saturated heterocycles. The molecule has 3 aromatic carbocycles. The second kappa shape index (κ2) is 7.68. The molecule has 32 heavy (non-hydrogen) atoms. The van der Waals surface area contributed by atoms with Gasteiger partial charge in [-0.05, 0) is 0 Å². The van der Waals surface area contributed by atoms with Crippen molar-refractivity contribution in [3.05, 3.63) is 72.1 Å². The molecule has 2 heterocycles. The van der Waals surface area contributed by atoms with Gasteiger partial charge < -0.3 is 0 Å². The standard InChI is InChI=1S/C29H30N2Te/c1-28(2,3)16-19-11-9-13-22-25-27(32-26(19)22)24(30-17-31-25)20-14-18-10-7-8-12-21(18)23(15-20)29(4,5)6/h7-15,17H,16H2,1-6H3. The van der Waals surface area contributed by atoms with Crippen molar-refractivity contribution in [3.63, 3.8) is 0 Å². The van der Waals surface area contributed by atoms with Gasteiger partial charge in [0.15, 0.2) is 0 Å². The number of hydrogen-bond acceptors (Lipinski definition) is 2. The van der Waals surface area contributed by atoms with Crippen molar-refractivity contribution < 1.29 is 0 Å².